The molecule has 1 aromatic rings. The van der Waals surface area contributed by atoms with Crippen LogP contribution >= 0.6 is 0 Å². The molecule has 1 heterocycles. The first-order valence-corrected chi connectivity index (χ1v) is 3.93. The number of methoxy groups -OCH3 is 1. The highest BCUT2D eigenvalue weighted by Crippen LogP contribution is 2.43. The minimum Gasteiger partial charge on any atom is -0.493 e. The molecule has 1 aliphatic rings. The van der Waals surface area contributed by atoms with E-state index in [1.165, 1.54) is 0 Å². The summed E-state index contributed by atoms with van der Waals surface area (Å²) in [6, 6.07) is 3.51. The third-order valence-electron chi connectivity index (χ3n) is 1.95. The summed E-state index contributed by atoms with van der Waals surface area (Å²) in [4.78, 5) is 0. The van der Waals surface area contributed by atoms with Crippen LogP contribution in [0.5, 0.6) is 17.2 Å². The molecule has 70 valence electrons. The lowest BCUT2D eigenvalue weighted by atomic mass is 10.2. The fraction of sp³-hybridized carbons (Fsp3) is 0.333. The molecule has 0 bridgehead atoms. The molecule has 1 aliphatic heterocycles. The highest BCUT2D eigenvalue weighted by Gasteiger charge is 2.21. The summed E-state index contributed by atoms with van der Waals surface area (Å²) < 4.78 is 15.5. The van der Waals surface area contributed by atoms with E-state index < -0.39 is 0 Å². The molecule has 0 saturated carbocycles. The molecule has 0 aliphatic carbocycles. The molecule has 1 N–H and O–H groups in total. The van der Waals surface area contributed by atoms with Gasteiger partial charge in [-0.25, -0.2) is 0 Å². The van der Waals surface area contributed by atoms with Gasteiger partial charge in [-0.1, -0.05) is 0 Å². The molecule has 0 atom stereocenters. The predicted octanol–water partition coefficient (Wildman–Crippen LogP) is 0.916. The highest BCUT2D eigenvalue weighted by molar-refractivity contribution is 5.56. The summed E-state index contributed by atoms with van der Waals surface area (Å²) in [7, 11) is 1.57. The van der Waals surface area contributed by atoms with Crippen molar-refractivity contribution in [3.8, 4) is 17.2 Å². The van der Waals surface area contributed by atoms with Gasteiger partial charge in [-0.05, 0) is 12.1 Å². The van der Waals surface area contributed by atoms with Crippen LogP contribution in [0, 0.1) is 0 Å². The van der Waals surface area contributed by atoms with Gasteiger partial charge >= 0.3 is 0 Å². The lowest BCUT2D eigenvalue weighted by molar-refractivity contribution is 0.168. The van der Waals surface area contributed by atoms with Gasteiger partial charge in [0.1, 0.15) is 0 Å². The van der Waals surface area contributed by atoms with Crippen molar-refractivity contribution in [1.29, 1.82) is 0 Å². The average molecular weight is 182 g/mol. The lowest BCUT2D eigenvalue weighted by Gasteiger charge is -2.06. The molecule has 4 heteroatoms. The lowest BCUT2D eigenvalue weighted by Crippen LogP contribution is -1.94. The number of rotatable bonds is 2. The molecule has 0 radical (unpaired) electrons. The van der Waals surface area contributed by atoms with Gasteiger partial charge in [-0.2, -0.15) is 0 Å². The molecular weight excluding hydrogens is 172 g/mol. The molecule has 2 rings (SSSR count). The minimum atomic E-state index is -0.0598. The van der Waals surface area contributed by atoms with Crippen LogP contribution in [0.15, 0.2) is 12.1 Å². The summed E-state index contributed by atoms with van der Waals surface area (Å²) in [6.45, 7) is 0.123. The van der Waals surface area contributed by atoms with Crippen LogP contribution in [0.2, 0.25) is 0 Å². The Hall–Kier alpha value is -1.42. The summed E-state index contributed by atoms with van der Waals surface area (Å²) in [5, 5.41) is 8.99. The molecule has 4 nitrogen and oxygen atoms in total. The van der Waals surface area contributed by atoms with Crippen molar-refractivity contribution in [3.05, 3.63) is 17.7 Å². The zero-order valence-corrected chi connectivity index (χ0v) is 7.24. The van der Waals surface area contributed by atoms with Crippen molar-refractivity contribution >= 4 is 0 Å². The Bertz CT molecular complexity index is 291. The van der Waals surface area contributed by atoms with Crippen molar-refractivity contribution in [2.45, 2.75) is 6.61 Å². The van der Waals surface area contributed by atoms with E-state index in [0.29, 0.717) is 22.8 Å². The molecule has 1 aromatic carbocycles. The monoisotopic (exact) mass is 182 g/mol. The maximum atomic E-state index is 8.99. The van der Waals surface area contributed by atoms with Crippen LogP contribution in [0.25, 0.3) is 0 Å². The van der Waals surface area contributed by atoms with Crippen molar-refractivity contribution in [3.63, 3.8) is 0 Å². The Balaban J connectivity index is 2.52. The average Bonchev–Trinajstić information content (AvgIpc) is 2.64. The topological polar surface area (TPSA) is 47.9 Å². The van der Waals surface area contributed by atoms with E-state index in [4.69, 9.17) is 19.3 Å². The van der Waals surface area contributed by atoms with E-state index >= 15 is 0 Å². The van der Waals surface area contributed by atoms with Gasteiger partial charge in [0.2, 0.25) is 12.5 Å². The first-order chi connectivity index (χ1) is 6.36. The first-order valence-electron chi connectivity index (χ1n) is 3.93. The Morgan fingerprint density at radius 3 is 2.85 bits per heavy atom. The third kappa shape index (κ3) is 1.19. The second-order valence-electron chi connectivity index (χ2n) is 2.65. The van der Waals surface area contributed by atoms with E-state index in [1.54, 1.807) is 19.2 Å². The molecule has 0 spiro atoms. The zero-order valence-electron chi connectivity index (χ0n) is 7.24. The fourth-order valence-electron chi connectivity index (χ4n) is 1.31. The van der Waals surface area contributed by atoms with Crippen LogP contribution in [-0.2, 0) is 6.61 Å². The molecule has 0 fully saturated rings. The summed E-state index contributed by atoms with van der Waals surface area (Å²) >= 11 is 0. The first kappa shape index (κ1) is 8.19. The minimum absolute atomic E-state index is 0.0598. The fourth-order valence-corrected chi connectivity index (χ4v) is 1.31. The molecular formula is C9H10O4. The van der Waals surface area contributed by atoms with Gasteiger partial charge in [-0.15, -0.1) is 0 Å². The number of ether oxygens (including phenoxy) is 3. The molecule has 0 saturated heterocycles. The molecule has 0 aromatic heterocycles. The van der Waals surface area contributed by atoms with Gasteiger partial charge in [0.05, 0.1) is 13.7 Å². The van der Waals surface area contributed by atoms with Crippen LogP contribution in [0.3, 0.4) is 0 Å². The Kier molecular flexibility index (Phi) is 1.98. The van der Waals surface area contributed by atoms with E-state index in [0.717, 1.165) is 0 Å². The molecule has 0 unspecified atom stereocenters. The number of fused-ring (bicyclic) bond motifs is 1. The number of aliphatic hydroxyl groups is 1. The number of hydrogen-bond acceptors (Lipinski definition) is 4. The summed E-state index contributed by atoms with van der Waals surface area (Å²) in [5.74, 6) is 1.79. The third-order valence-corrected chi connectivity index (χ3v) is 1.95. The van der Waals surface area contributed by atoms with Crippen molar-refractivity contribution < 1.29 is 19.3 Å². The maximum Gasteiger partial charge on any atom is 0.231 e. The van der Waals surface area contributed by atoms with E-state index in [2.05, 4.69) is 0 Å². The van der Waals surface area contributed by atoms with E-state index in [9.17, 15) is 0 Å². The molecule has 13 heavy (non-hydrogen) atoms. The van der Waals surface area contributed by atoms with E-state index in [1.807, 2.05) is 0 Å². The van der Waals surface area contributed by atoms with Crippen LogP contribution in [-0.4, -0.2) is 19.0 Å². The van der Waals surface area contributed by atoms with Gasteiger partial charge in [0.15, 0.2) is 11.5 Å². The number of aliphatic hydroxyl groups excluding tert-OH is 1. The van der Waals surface area contributed by atoms with E-state index in [-0.39, 0.29) is 13.4 Å². The largest absolute Gasteiger partial charge is 0.493 e. The van der Waals surface area contributed by atoms with Gasteiger partial charge in [-0.3, -0.25) is 0 Å². The number of hydrogen-bond donors (Lipinski definition) is 1. The normalized spacial score (nSPS) is 13.1. The predicted molar refractivity (Wildman–Crippen MR) is 45.0 cm³/mol. The van der Waals surface area contributed by atoms with Crippen molar-refractivity contribution in [1.82, 2.24) is 0 Å². The Morgan fingerprint density at radius 1 is 1.38 bits per heavy atom. The number of benzene rings is 1. The smallest absolute Gasteiger partial charge is 0.231 e. The second kappa shape index (κ2) is 3.14. The Morgan fingerprint density at radius 2 is 2.15 bits per heavy atom. The zero-order chi connectivity index (χ0) is 9.26. The quantitative estimate of drug-likeness (QED) is 0.738. The van der Waals surface area contributed by atoms with Crippen LogP contribution in [0.4, 0.5) is 0 Å². The van der Waals surface area contributed by atoms with Crippen molar-refractivity contribution in [2.75, 3.05) is 13.9 Å². The molecule has 0 amide bonds. The van der Waals surface area contributed by atoms with Crippen molar-refractivity contribution in [2.24, 2.45) is 0 Å². The maximum absolute atomic E-state index is 8.99. The highest BCUT2D eigenvalue weighted by atomic mass is 16.7. The Labute approximate surface area is 75.7 Å². The standard InChI is InChI=1S/C9H10O4/c1-11-7-3-2-6(4-10)8-9(7)13-5-12-8/h2-3,10H,4-5H2,1H3. The van der Waals surface area contributed by atoms with Crippen LogP contribution < -0.4 is 14.2 Å². The summed E-state index contributed by atoms with van der Waals surface area (Å²) in [5.41, 5.74) is 0.716. The SMILES string of the molecule is COc1ccc(CO)c2c1OCO2. The second-order valence-corrected chi connectivity index (χ2v) is 2.65. The van der Waals surface area contributed by atoms with Gasteiger partial charge in [0.25, 0.3) is 0 Å². The van der Waals surface area contributed by atoms with Gasteiger partial charge in [0, 0.05) is 5.56 Å². The van der Waals surface area contributed by atoms with Gasteiger partial charge < -0.3 is 19.3 Å². The summed E-state index contributed by atoms with van der Waals surface area (Å²) in [6.07, 6.45) is 0. The van der Waals surface area contributed by atoms with Crippen LogP contribution in [0.1, 0.15) is 5.56 Å².